The quantitative estimate of drug-likeness (QED) is 0.0174. The molecule has 3 aliphatic heterocycles. The second-order valence-electron chi connectivity index (χ2n) is 23.7. The number of nitrogens with zero attached hydrogens (tertiary/aromatic N) is 3. The van der Waals surface area contributed by atoms with E-state index in [9.17, 15) is 59.1 Å². The summed E-state index contributed by atoms with van der Waals surface area (Å²) in [5.74, 6) is -1.15. The summed E-state index contributed by atoms with van der Waals surface area (Å²) >= 11 is 0. The maximum Gasteiger partial charge on any atom is 0.326 e. The molecule has 0 saturated heterocycles. The molecule has 6 aromatic rings. The van der Waals surface area contributed by atoms with Crippen LogP contribution in [0.15, 0.2) is 142 Å². The normalized spacial score (nSPS) is 13.5. The summed E-state index contributed by atoms with van der Waals surface area (Å²) in [6.07, 6.45) is 14.2. The highest BCUT2D eigenvalue weighted by Crippen LogP contribution is 2.24. The molecular weight excluding hydrogens is 1410 g/mol. The maximum absolute atomic E-state index is 12.6. The molecule has 2 amide bonds. The van der Waals surface area contributed by atoms with Crippen molar-refractivity contribution in [3.8, 4) is 0 Å². The zero-order chi connectivity index (χ0) is 73.1. The van der Waals surface area contributed by atoms with E-state index < -0.39 is 72.1 Å². The van der Waals surface area contributed by atoms with Gasteiger partial charge in [-0.05, 0) is 181 Å². The molecule has 29 nitrogen and oxygen atoms in total. The Bertz CT molecular complexity index is 4010. The van der Waals surface area contributed by atoms with Crippen LogP contribution in [-0.4, -0.2) is 162 Å². The molecule has 564 valence electrons. The number of sulfonamides is 3. The van der Waals surface area contributed by atoms with Gasteiger partial charge in [-0.3, -0.25) is 28.8 Å². The molecule has 0 aliphatic carbocycles. The number of hydrogen-bond donors (Lipinski definition) is 11. The van der Waals surface area contributed by atoms with Crippen LogP contribution in [-0.2, 0) is 107 Å². The smallest absolute Gasteiger partial charge is 0.326 e. The van der Waals surface area contributed by atoms with E-state index in [1.807, 2.05) is 12.1 Å². The van der Waals surface area contributed by atoms with Crippen molar-refractivity contribution in [1.82, 2.24) is 39.8 Å². The Hall–Kier alpha value is -8.73. The van der Waals surface area contributed by atoms with Crippen molar-refractivity contribution < 1.29 is 79.2 Å². The van der Waals surface area contributed by atoms with Gasteiger partial charge in [0.25, 0.3) is 0 Å². The average molecular weight is 1510 g/mol. The van der Waals surface area contributed by atoms with Crippen molar-refractivity contribution in [2.75, 3.05) is 68.4 Å². The third-order valence-electron chi connectivity index (χ3n) is 15.8. The lowest BCUT2D eigenvalue weighted by atomic mass is 10.1. The molecule has 0 unspecified atom stereocenters. The molecule has 0 bridgehead atoms. The minimum atomic E-state index is -4.00. The minimum Gasteiger partial charge on any atom is -0.481 e. The van der Waals surface area contributed by atoms with Crippen LogP contribution < -0.4 is 46.5 Å². The Morgan fingerprint density at radius 2 is 0.786 bits per heavy atom. The van der Waals surface area contributed by atoms with E-state index in [4.69, 9.17) is 20.3 Å². The van der Waals surface area contributed by atoms with Crippen molar-refractivity contribution in [2.45, 2.75) is 162 Å². The lowest BCUT2D eigenvalue weighted by Crippen LogP contribution is -2.49. The van der Waals surface area contributed by atoms with E-state index in [0.717, 1.165) is 131 Å². The fraction of sp³-hybridized carbons (Fsp3) is 0.443. The standard InChI is InChI=1S/C24H32N4O5S.C22H28N4O5S.C13H18N2O2.C11H16N2O4S.ClH.H2O/c1-2-33-24(30)21(28-34(31,32)20-11-4-3-5-12-20)17-26-22(29)13-7-6-10-19-15-14-18-9-8-16-25-23(18)27-19;27-20(11-5-4-8-17-13-12-16-7-6-14-23-21(16)25-17)24-15-19(22(28)29)26-32(30,31)18-9-2-1-3-10-18;16-12(17)6-2-1-5-11-8-7-10-4-3-9-14-13(10)15-11;1-2-17-11(14)10(8-12)13-18(15,16)9-6-4-3-5-7-9;;/h3-5,11-12,14-15,21,28H,2,6-10,13,16-17H2,1H3,(H,25,27)(H,26,29);1-3,9-10,12-13,19,26H,4-8,11,14-15H2,(H,23,25)(H,24,27)(H,28,29);7-8H,1-6,9H2,(H,14,15)(H,16,17);3-7,10,13H,2,8,12H2,1H3;1H;1H2/t21-;19-;;10-;;/m00.0../s1. The Labute approximate surface area is 608 Å². The van der Waals surface area contributed by atoms with Gasteiger partial charge in [0.15, 0.2) is 0 Å². The molecule has 6 heterocycles. The number of hydrogen-bond acceptors (Lipinski definition) is 21. The van der Waals surface area contributed by atoms with Crippen LogP contribution in [0.5, 0.6) is 0 Å². The molecule has 103 heavy (non-hydrogen) atoms. The zero-order valence-electron chi connectivity index (χ0n) is 57.9. The highest BCUT2D eigenvalue weighted by molar-refractivity contribution is 7.90. The van der Waals surface area contributed by atoms with Crippen LogP contribution in [0.2, 0.25) is 0 Å². The summed E-state index contributed by atoms with van der Waals surface area (Å²) in [6, 6.07) is 31.7. The topological polar surface area (TPSA) is 456 Å². The molecule has 0 spiro atoms. The molecule has 3 aromatic heterocycles. The highest BCUT2D eigenvalue weighted by atomic mass is 35.5. The van der Waals surface area contributed by atoms with Gasteiger partial charge in [-0.2, -0.15) is 14.2 Å². The number of aromatic nitrogens is 3. The van der Waals surface area contributed by atoms with Crippen LogP contribution >= 0.6 is 12.4 Å². The van der Waals surface area contributed by atoms with Crippen LogP contribution in [0, 0.1) is 0 Å². The first-order valence-corrected chi connectivity index (χ1v) is 38.4. The second-order valence-corrected chi connectivity index (χ2v) is 28.8. The van der Waals surface area contributed by atoms with Gasteiger partial charge in [-0.1, -0.05) is 72.8 Å². The molecule has 14 N–H and O–H groups in total. The number of carbonyl (C=O) groups is 6. The summed E-state index contributed by atoms with van der Waals surface area (Å²) in [7, 11) is -11.7. The number of aryl methyl sites for hydroxylation is 6. The molecule has 0 radical (unpaired) electrons. The van der Waals surface area contributed by atoms with Crippen molar-refractivity contribution >= 4 is 95.6 Å². The van der Waals surface area contributed by atoms with Crippen LogP contribution in [0.25, 0.3) is 0 Å². The van der Waals surface area contributed by atoms with Crippen molar-refractivity contribution in [3.63, 3.8) is 0 Å². The average Bonchev–Trinajstić information content (AvgIpc) is 0.864. The van der Waals surface area contributed by atoms with Gasteiger partial charge in [-0.25, -0.2) is 40.2 Å². The first-order valence-electron chi connectivity index (χ1n) is 33.9. The van der Waals surface area contributed by atoms with E-state index in [-0.39, 0.29) is 96.5 Å². The third kappa shape index (κ3) is 30.6. The van der Waals surface area contributed by atoms with Crippen molar-refractivity contribution in [3.05, 3.63) is 161 Å². The van der Waals surface area contributed by atoms with Crippen molar-refractivity contribution in [2.24, 2.45) is 5.73 Å². The SMILES string of the molecule is CCOC(=O)[C@H](CN)NS(=O)(=O)c1ccccc1.CCOC(=O)[C@H](CNC(=O)CCCCc1ccc2c(n1)NCCC2)NS(=O)(=O)c1ccccc1.Cl.O.O=C(CCCCc1ccc2c(n1)NCCC2)NC[C@H](NS(=O)(=O)c1ccccc1)C(=O)O.O=C(O)CCCCc1ccc2c(n1)NCCC2. The molecule has 0 fully saturated rings. The number of anilines is 3. The van der Waals surface area contributed by atoms with E-state index in [1.165, 1.54) is 59.5 Å². The van der Waals surface area contributed by atoms with E-state index in [1.54, 1.807) is 68.4 Å². The number of carbonyl (C=O) groups excluding carboxylic acids is 4. The maximum atomic E-state index is 12.6. The predicted molar refractivity (Wildman–Crippen MR) is 392 cm³/mol. The number of carboxylic acids is 2. The van der Waals surface area contributed by atoms with Gasteiger partial charge >= 0.3 is 23.9 Å². The molecule has 3 atom stereocenters. The summed E-state index contributed by atoms with van der Waals surface area (Å²) < 4.78 is 90.1. The lowest BCUT2D eigenvalue weighted by Gasteiger charge is -2.18. The number of pyridine rings is 3. The zero-order valence-corrected chi connectivity index (χ0v) is 61.2. The second kappa shape index (κ2) is 45.4. The van der Waals surface area contributed by atoms with Crippen molar-refractivity contribution in [1.29, 1.82) is 0 Å². The summed E-state index contributed by atoms with van der Waals surface area (Å²) in [5, 5.41) is 33.0. The number of unbranched alkanes of at least 4 members (excludes halogenated alkanes) is 3. The number of fused-ring (bicyclic) bond motifs is 3. The molecule has 33 heteroatoms. The molecule has 9 rings (SSSR count). The third-order valence-corrected chi connectivity index (χ3v) is 20.3. The first-order chi connectivity index (χ1) is 48.5. The largest absolute Gasteiger partial charge is 0.481 e. The number of rotatable bonds is 34. The number of halogens is 1. The molecular formula is C70H97ClN12O17S3. The number of carboxylic acid groups (broad SMARTS) is 2. The first kappa shape index (κ1) is 86.7. The number of aliphatic carboxylic acids is 2. The van der Waals surface area contributed by atoms with E-state index >= 15 is 0 Å². The Morgan fingerprint density at radius 1 is 0.466 bits per heavy atom. The van der Waals surface area contributed by atoms with Gasteiger partial charge in [0.05, 0.1) is 27.9 Å². The van der Waals surface area contributed by atoms with E-state index in [0.29, 0.717) is 12.8 Å². The monoisotopic (exact) mass is 1510 g/mol. The highest BCUT2D eigenvalue weighted by Gasteiger charge is 2.29. The van der Waals surface area contributed by atoms with Gasteiger partial charge in [-0.15, -0.1) is 12.4 Å². The Balaban J connectivity index is 0.000000301. The number of ether oxygens (including phenoxy) is 2. The minimum absolute atomic E-state index is 0. The summed E-state index contributed by atoms with van der Waals surface area (Å²) in [4.78, 5) is 83.9. The van der Waals surface area contributed by atoms with Gasteiger partial charge in [0.1, 0.15) is 35.6 Å². The number of nitrogens with one attached hydrogen (secondary N) is 8. The Kier molecular flexibility index (Phi) is 38.2. The number of esters is 2. The number of nitrogens with two attached hydrogens (primary N) is 1. The van der Waals surface area contributed by atoms with Gasteiger partial charge < -0.3 is 57.5 Å². The molecule has 3 aromatic carbocycles. The fourth-order valence-electron chi connectivity index (χ4n) is 10.5. The Morgan fingerprint density at radius 3 is 1.12 bits per heavy atom. The molecule has 3 aliphatic rings. The van der Waals surface area contributed by atoms with Crippen LogP contribution in [0.4, 0.5) is 17.5 Å². The van der Waals surface area contributed by atoms with Crippen LogP contribution in [0.3, 0.4) is 0 Å². The fourth-order valence-corrected chi connectivity index (χ4v) is 14.1. The number of amides is 2. The number of benzene rings is 3. The van der Waals surface area contributed by atoms with E-state index in [2.05, 4.69) is 80.0 Å². The summed E-state index contributed by atoms with van der Waals surface area (Å²) in [6.45, 7) is 5.72. The predicted octanol–water partition coefficient (Wildman–Crippen LogP) is 5.57. The van der Waals surface area contributed by atoms with Gasteiger partial charge in [0.2, 0.25) is 41.9 Å². The van der Waals surface area contributed by atoms with Crippen LogP contribution in [0.1, 0.15) is 125 Å². The van der Waals surface area contributed by atoms with Gasteiger partial charge in [0, 0.05) is 75.6 Å². The lowest BCUT2D eigenvalue weighted by molar-refractivity contribution is -0.145. The summed E-state index contributed by atoms with van der Waals surface area (Å²) in [5.41, 5.74) is 12.2. The molecule has 0 saturated carbocycles.